The number of furan rings is 2. The molecule has 0 saturated carbocycles. The number of rotatable bonds is 5. The van der Waals surface area contributed by atoms with E-state index in [4.69, 9.17) is 18.2 Å². The Morgan fingerprint density at radius 3 is 1.96 bits per heavy atom. The lowest BCUT2D eigenvalue weighted by Gasteiger charge is -2.25. The van der Waals surface area contributed by atoms with Crippen molar-refractivity contribution < 1.29 is 13.3 Å². The number of hydrogen-bond acceptors (Lipinski definition) is 5. The van der Waals surface area contributed by atoms with Gasteiger partial charge in [0.05, 0.1) is 0 Å². The molecule has 226 valence electrons. The Kier molecular flexibility index (Phi) is 5.81. The van der Waals surface area contributed by atoms with E-state index in [0.717, 1.165) is 88.7 Å². The van der Waals surface area contributed by atoms with Crippen LogP contribution in [0.15, 0.2) is 171 Å². The zero-order valence-electron chi connectivity index (χ0n) is 25.6. The Labute approximate surface area is 274 Å². The number of fused-ring (bicyclic) bond motifs is 7. The summed E-state index contributed by atoms with van der Waals surface area (Å²) in [7, 11) is 0. The van der Waals surface area contributed by atoms with Crippen LogP contribution in [0.2, 0.25) is 0 Å². The van der Waals surface area contributed by atoms with Gasteiger partial charge in [0.15, 0.2) is 5.58 Å². The fourth-order valence-electron chi connectivity index (χ4n) is 6.85. The Hall–Kier alpha value is -6.59. The van der Waals surface area contributed by atoms with Crippen LogP contribution in [0, 0.1) is 0 Å². The molecule has 0 spiro atoms. The van der Waals surface area contributed by atoms with Crippen LogP contribution in [0.1, 0.15) is 0 Å². The molecular weight excluding hydrogens is 592 g/mol. The molecule has 48 heavy (non-hydrogen) atoms. The molecule has 0 N–H and O–H groups in total. The van der Waals surface area contributed by atoms with E-state index in [1.807, 2.05) is 60.7 Å². The zero-order chi connectivity index (χ0) is 31.6. The maximum atomic E-state index is 6.40. The minimum absolute atomic E-state index is 0.590. The lowest BCUT2D eigenvalue weighted by Crippen LogP contribution is -2.09. The molecule has 0 amide bonds. The van der Waals surface area contributed by atoms with Crippen LogP contribution < -0.4 is 4.90 Å². The van der Waals surface area contributed by atoms with E-state index >= 15 is 0 Å². The van der Waals surface area contributed by atoms with Gasteiger partial charge in [-0.05, 0) is 96.1 Å². The first-order valence-corrected chi connectivity index (χ1v) is 15.9. The Bertz CT molecular complexity index is 2760. The average Bonchev–Trinajstić information content (AvgIpc) is 3.85. The molecule has 10 rings (SSSR count). The molecule has 3 aromatic heterocycles. The van der Waals surface area contributed by atoms with Crippen molar-refractivity contribution in [1.82, 2.24) is 4.98 Å². The van der Waals surface area contributed by atoms with E-state index in [1.165, 1.54) is 0 Å². The fourth-order valence-corrected chi connectivity index (χ4v) is 6.85. The van der Waals surface area contributed by atoms with Crippen molar-refractivity contribution in [2.45, 2.75) is 0 Å². The van der Waals surface area contributed by atoms with Crippen molar-refractivity contribution in [3.8, 4) is 22.6 Å². The summed E-state index contributed by atoms with van der Waals surface area (Å²) in [4.78, 5) is 7.04. The predicted molar refractivity (Wildman–Crippen MR) is 194 cm³/mol. The second-order valence-electron chi connectivity index (χ2n) is 12.0. The van der Waals surface area contributed by atoms with Gasteiger partial charge in [-0.3, -0.25) is 0 Å². The van der Waals surface area contributed by atoms with Gasteiger partial charge in [-0.2, -0.15) is 0 Å². The molecule has 5 nitrogen and oxygen atoms in total. The first kappa shape index (κ1) is 26.6. The van der Waals surface area contributed by atoms with Gasteiger partial charge in [-0.1, -0.05) is 72.8 Å². The van der Waals surface area contributed by atoms with E-state index in [1.54, 1.807) is 0 Å². The quantitative estimate of drug-likeness (QED) is 0.192. The molecule has 0 unspecified atom stereocenters. The summed E-state index contributed by atoms with van der Waals surface area (Å²) in [5.74, 6) is 0.590. The van der Waals surface area contributed by atoms with Crippen LogP contribution in [0.25, 0.3) is 77.6 Å². The second-order valence-corrected chi connectivity index (χ2v) is 12.0. The van der Waals surface area contributed by atoms with Gasteiger partial charge in [0.2, 0.25) is 5.89 Å². The van der Waals surface area contributed by atoms with E-state index in [-0.39, 0.29) is 0 Å². The van der Waals surface area contributed by atoms with Crippen LogP contribution in [0.3, 0.4) is 0 Å². The Balaban J connectivity index is 1.04. The lowest BCUT2D eigenvalue weighted by atomic mass is 10.0. The standard InChI is InChI=1S/C43H26N2O3/c1-2-9-29(10-3-1)45(31-22-24-38-35(26-31)32-11-4-6-14-37(32)46-38)30-20-17-27(18-21-30)28-19-23-33-41(25-28)47-40-16-8-12-34(42(33)40)43-44-36-13-5-7-15-39(36)48-43/h1-26H. The smallest absolute Gasteiger partial charge is 0.228 e. The molecule has 7 aromatic carbocycles. The molecule has 3 heterocycles. The van der Waals surface area contributed by atoms with Crippen LogP contribution in [0.4, 0.5) is 17.1 Å². The van der Waals surface area contributed by atoms with Gasteiger partial charge in [-0.25, -0.2) is 4.98 Å². The summed E-state index contributed by atoms with van der Waals surface area (Å²) in [6, 6.07) is 54.0. The minimum atomic E-state index is 0.590. The van der Waals surface area contributed by atoms with Crippen molar-refractivity contribution in [3.63, 3.8) is 0 Å². The molecule has 10 aromatic rings. The van der Waals surface area contributed by atoms with Crippen molar-refractivity contribution in [3.05, 3.63) is 158 Å². The van der Waals surface area contributed by atoms with Gasteiger partial charge in [-0.15, -0.1) is 0 Å². The van der Waals surface area contributed by atoms with Gasteiger partial charge in [0, 0.05) is 44.2 Å². The summed E-state index contributed by atoms with van der Waals surface area (Å²) in [6.45, 7) is 0. The number of oxazole rings is 1. The minimum Gasteiger partial charge on any atom is -0.456 e. The van der Waals surface area contributed by atoms with Crippen LogP contribution >= 0.6 is 0 Å². The maximum Gasteiger partial charge on any atom is 0.228 e. The van der Waals surface area contributed by atoms with Crippen molar-refractivity contribution in [1.29, 1.82) is 0 Å². The second kappa shape index (κ2) is 10.5. The molecule has 0 saturated heterocycles. The molecule has 0 radical (unpaired) electrons. The third-order valence-electron chi connectivity index (χ3n) is 9.11. The Morgan fingerprint density at radius 2 is 1.08 bits per heavy atom. The lowest BCUT2D eigenvalue weighted by molar-refractivity contribution is 0.620. The van der Waals surface area contributed by atoms with E-state index < -0.39 is 0 Å². The third kappa shape index (κ3) is 4.22. The SMILES string of the molecule is c1ccc(N(c2ccc(-c3ccc4c(c3)oc3cccc(-c5nc6ccccc6o5)c34)cc2)c2ccc3oc4ccccc4c3c2)cc1. The molecule has 0 atom stereocenters. The number of aromatic nitrogens is 1. The third-order valence-corrected chi connectivity index (χ3v) is 9.11. The fraction of sp³-hybridized carbons (Fsp3) is 0. The Morgan fingerprint density at radius 1 is 0.396 bits per heavy atom. The molecule has 5 heteroatoms. The highest BCUT2D eigenvalue weighted by Crippen LogP contribution is 2.41. The number of hydrogen-bond donors (Lipinski definition) is 0. The monoisotopic (exact) mass is 618 g/mol. The number of para-hydroxylation sites is 4. The number of benzene rings is 7. The van der Waals surface area contributed by atoms with Crippen LogP contribution in [0.5, 0.6) is 0 Å². The molecule has 0 aliphatic heterocycles. The first-order chi connectivity index (χ1) is 23.8. The summed E-state index contributed by atoms with van der Waals surface area (Å²) < 4.78 is 18.7. The van der Waals surface area contributed by atoms with Gasteiger partial charge in [0.1, 0.15) is 27.8 Å². The van der Waals surface area contributed by atoms with Crippen molar-refractivity contribution in [2.75, 3.05) is 4.90 Å². The highest BCUT2D eigenvalue weighted by molar-refractivity contribution is 6.12. The van der Waals surface area contributed by atoms with E-state index in [0.29, 0.717) is 5.89 Å². The van der Waals surface area contributed by atoms with Crippen molar-refractivity contribution in [2.24, 2.45) is 0 Å². The van der Waals surface area contributed by atoms with Gasteiger partial charge in [0.25, 0.3) is 0 Å². The predicted octanol–water partition coefficient (Wildman–Crippen LogP) is 12.4. The maximum absolute atomic E-state index is 6.40. The normalized spacial score (nSPS) is 11.8. The zero-order valence-corrected chi connectivity index (χ0v) is 25.6. The van der Waals surface area contributed by atoms with Crippen LogP contribution in [-0.2, 0) is 0 Å². The molecule has 0 aliphatic carbocycles. The van der Waals surface area contributed by atoms with Gasteiger partial charge < -0.3 is 18.2 Å². The molecular formula is C43H26N2O3. The molecule has 0 bridgehead atoms. The summed E-state index contributed by atoms with van der Waals surface area (Å²) in [5.41, 5.74) is 11.3. The highest BCUT2D eigenvalue weighted by atomic mass is 16.4. The summed E-state index contributed by atoms with van der Waals surface area (Å²) in [5, 5.41) is 4.24. The number of anilines is 3. The summed E-state index contributed by atoms with van der Waals surface area (Å²) in [6.07, 6.45) is 0. The van der Waals surface area contributed by atoms with Gasteiger partial charge >= 0.3 is 0 Å². The average molecular weight is 619 g/mol. The topological polar surface area (TPSA) is 55.6 Å². The van der Waals surface area contributed by atoms with Crippen molar-refractivity contribution >= 4 is 72.0 Å². The molecule has 0 aliphatic rings. The summed E-state index contributed by atoms with van der Waals surface area (Å²) >= 11 is 0. The molecule has 0 fully saturated rings. The number of nitrogens with zero attached hydrogens (tertiary/aromatic N) is 2. The van der Waals surface area contributed by atoms with Crippen LogP contribution in [-0.4, -0.2) is 4.98 Å². The van der Waals surface area contributed by atoms with E-state index in [9.17, 15) is 0 Å². The highest BCUT2D eigenvalue weighted by Gasteiger charge is 2.18. The first-order valence-electron chi connectivity index (χ1n) is 15.9. The largest absolute Gasteiger partial charge is 0.456 e. The van der Waals surface area contributed by atoms with E-state index in [2.05, 4.69) is 102 Å².